The third-order valence-corrected chi connectivity index (χ3v) is 4.77. The summed E-state index contributed by atoms with van der Waals surface area (Å²) < 4.78 is 6.62. The number of hydrogen-bond donors (Lipinski definition) is 0. The Morgan fingerprint density at radius 1 is 1.24 bits per heavy atom. The molecule has 3 rings (SSSR count). The summed E-state index contributed by atoms with van der Waals surface area (Å²) in [4.78, 5) is 38.2. The number of anilines is 1. The second-order valence-corrected chi connectivity index (χ2v) is 6.95. The van der Waals surface area contributed by atoms with E-state index in [0.29, 0.717) is 23.7 Å². The molecule has 0 fully saturated rings. The SMILES string of the molecule is CCOc1ccc(N(CCC#N)C(=O)c2nn(-c3ccccc3[N+](=O)[O-])c(C)cc2=O)cc1. The van der Waals surface area contributed by atoms with Gasteiger partial charge >= 0.3 is 0 Å². The number of hydrogen-bond acceptors (Lipinski definition) is 7. The van der Waals surface area contributed by atoms with Gasteiger partial charge < -0.3 is 9.64 Å². The molecule has 0 spiro atoms. The fourth-order valence-electron chi connectivity index (χ4n) is 3.26. The molecular formula is C23H21N5O5. The number of benzene rings is 2. The van der Waals surface area contributed by atoms with E-state index in [2.05, 4.69) is 5.10 Å². The minimum atomic E-state index is -0.716. The smallest absolute Gasteiger partial charge is 0.294 e. The maximum atomic E-state index is 13.4. The van der Waals surface area contributed by atoms with Crippen molar-refractivity contribution >= 4 is 17.3 Å². The van der Waals surface area contributed by atoms with Crippen LogP contribution in [0, 0.1) is 28.4 Å². The van der Waals surface area contributed by atoms with Crippen LogP contribution in [0.4, 0.5) is 11.4 Å². The van der Waals surface area contributed by atoms with E-state index in [-0.39, 0.29) is 24.3 Å². The van der Waals surface area contributed by atoms with E-state index in [1.54, 1.807) is 37.3 Å². The highest BCUT2D eigenvalue weighted by Gasteiger charge is 2.25. The van der Waals surface area contributed by atoms with Gasteiger partial charge in [0.15, 0.2) is 5.69 Å². The molecule has 1 heterocycles. The average Bonchev–Trinajstić information content (AvgIpc) is 2.80. The highest BCUT2D eigenvalue weighted by molar-refractivity contribution is 6.04. The minimum absolute atomic E-state index is 0.0309. The van der Waals surface area contributed by atoms with Crippen LogP contribution in [0.2, 0.25) is 0 Å². The molecule has 0 aliphatic carbocycles. The highest BCUT2D eigenvalue weighted by atomic mass is 16.6. The lowest BCUT2D eigenvalue weighted by molar-refractivity contribution is -0.384. The first-order chi connectivity index (χ1) is 15.9. The van der Waals surface area contributed by atoms with Gasteiger partial charge in [0.1, 0.15) is 11.4 Å². The Balaban J connectivity index is 2.09. The number of nitro benzene ring substituents is 1. The molecule has 0 unspecified atom stereocenters. The summed E-state index contributed by atoms with van der Waals surface area (Å²) in [5.41, 5.74) is -0.347. The molecule has 0 saturated heterocycles. The maximum absolute atomic E-state index is 13.4. The van der Waals surface area contributed by atoms with Gasteiger partial charge in [-0.1, -0.05) is 12.1 Å². The number of nitriles is 1. The number of para-hydroxylation sites is 2. The molecular weight excluding hydrogens is 426 g/mol. The van der Waals surface area contributed by atoms with Crippen LogP contribution < -0.4 is 15.1 Å². The molecule has 1 amide bonds. The highest BCUT2D eigenvalue weighted by Crippen LogP contribution is 2.24. The van der Waals surface area contributed by atoms with Gasteiger partial charge in [-0.05, 0) is 44.2 Å². The molecule has 168 valence electrons. The largest absolute Gasteiger partial charge is 0.494 e. The molecule has 10 heteroatoms. The van der Waals surface area contributed by atoms with E-state index in [4.69, 9.17) is 10.00 Å². The average molecular weight is 447 g/mol. The number of carbonyl (C=O) groups excluding carboxylic acids is 1. The molecule has 2 aromatic carbocycles. The predicted octanol–water partition coefficient (Wildman–Crippen LogP) is 3.41. The number of carbonyl (C=O) groups is 1. The van der Waals surface area contributed by atoms with E-state index in [1.807, 2.05) is 13.0 Å². The first kappa shape index (κ1) is 23.1. The first-order valence-corrected chi connectivity index (χ1v) is 10.1. The lowest BCUT2D eigenvalue weighted by atomic mass is 10.2. The number of aryl methyl sites for hydroxylation is 1. The van der Waals surface area contributed by atoms with Gasteiger partial charge in [0.25, 0.3) is 11.6 Å². The zero-order chi connectivity index (χ0) is 24.0. The molecule has 0 radical (unpaired) electrons. The number of amides is 1. The molecule has 1 aromatic heterocycles. The number of ether oxygens (including phenoxy) is 1. The van der Waals surface area contributed by atoms with Crippen LogP contribution in [-0.4, -0.2) is 33.8 Å². The third-order valence-electron chi connectivity index (χ3n) is 4.77. The van der Waals surface area contributed by atoms with Gasteiger partial charge in [-0.2, -0.15) is 10.4 Å². The van der Waals surface area contributed by atoms with Gasteiger partial charge in [-0.25, -0.2) is 4.68 Å². The Morgan fingerprint density at radius 3 is 2.58 bits per heavy atom. The van der Waals surface area contributed by atoms with Crippen LogP contribution in [0.3, 0.4) is 0 Å². The summed E-state index contributed by atoms with van der Waals surface area (Å²) in [7, 11) is 0. The van der Waals surface area contributed by atoms with Crippen molar-refractivity contribution in [3.05, 3.63) is 86.3 Å². The van der Waals surface area contributed by atoms with Gasteiger partial charge in [-0.15, -0.1) is 0 Å². The maximum Gasteiger partial charge on any atom is 0.294 e. The van der Waals surface area contributed by atoms with Gasteiger partial charge in [0, 0.05) is 30.1 Å². The van der Waals surface area contributed by atoms with E-state index in [0.717, 1.165) is 0 Å². The molecule has 0 bridgehead atoms. The number of nitro groups is 1. The summed E-state index contributed by atoms with van der Waals surface area (Å²) in [5, 5.41) is 24.7. The summed E-state index contributed by atoms with van der Waals surface area (Å²) in [6, 6.07) is 15.8. The van der Waals surface area contributed by atoms with Crippen LogP contribution in [0.5, 0.6) is 5.75 Å². The fraction of sp³-hybridized carbons (Fsp3) is 0.217. The summed E-state index contributed by atoms with van der Waals surface area (Å²) >= 11 is 0. The lowest BCUT2D eigenvalue weighted by Crippen LogP contribution is -2.37. The Bertz CT molecular complexity index is 1280. The molecule has 0 atom stereocenters. The number of nitrogens with zero attached hydrogens (tertiary/aromatic N) is 5. The van der Waals surface area contributed by atoms with Crippen LogP contribution in [-0.2, 0) is 0 Å². The normalized spacial score (nSPS) is 10.3. The van der Waals surface area contributed by atoms with Crippen LogP contribution >= 0.6 is 0 Å². The Kier molecular flexibility index (Phi) is 7.15. The first-order valence-electron chi connectivity index (χ1n) is 10.1. The molecule has 3 aromatic rings. The quantitative estimate of drug-likeness (QED) is 0.382. The zero-order valence-electron chi connectivity index (χ0n) is 18.1. The van der Waals surface area contributed by atoms with E-state index >= 15 is 0 Å². The molecule has 10 nitrogen and oxygen atoms in total. The van der Waals surface area contributed by atoms with Crippen molar-refractivity contribution in [3.8, 4) is 17.5 Å². The standard InChI is InChI=1S/C23H21N5O5/c1-3-33-18-11-9-17(10-12-18)26(14-6-13-24)23(30)22-21(29)15-16(2)27(25-22)19-7-4-5-8-20(19)28(31)32/h4-5,7-12,15H,3,6,14H2,1-2H3. The van der Waals surface area contributed by atoms with Crippen molar-refractivity contribution in [2.24, 2.45) is 0 Å². The van der Waals surface area contributed by atoms with E-state index in [9.17, 15) is 19.7 Å². The number of rotatable bonds is 8. The van der Waals surface area contributed by atoms with Crippen LogP contribution in [0.25, 0.3) is 5.69 Å². The second-order valence-electron chi connectivity index (χ2n) is 6.95. The predicted molar refractivity (Wildman–Crippen MR) is 121 cm³/mol. The monoisotopic (exact) mass is 447 g/mol. The van der Waals surface area contributed by atoms with E-state index < -0.39 is 22.0 Å². The Labute approximate surface area is 189 Å². The summed E-state index contributed by atoms with van der Waals surface area (Å²) in [5.74, 6) is -0.104. The van der Waals surface area contributed by atoms with Crippen molar-refractivity contribution in [1.82, 2.24) is 9.78 Å². The van der Waals surface area contributed by atoms with Gasteiger partial charge in [-0.3, -0.25) is 19.7 Å². The molecule has 0 saturated carbocycles. The second kappa shape index (κ2) is 10.2. The Hall–Kier alpha value is -4.52. The fourth-order valence-corrected chi connectivity index (χ4v) is 3.26. The molecule has 0 aliphatic rings. The van der Waals surface area contributed by atoms with Crippen molar-refractivity contribution in [3.63, 3.8) is 0 Å². The van der Waals surface area contributed by atoms with Crippen molar-refractivity contribution in [2.45, 2.75) is 20.3 Å². The van der Waals surface area contributed by atoms with E-state index in [1.165, 1.54) is 33.8 Å². The molecule has 0 N–H and O–H groups in total. The number of aromatic nitrogens is 2. The van der Waals surface area contributed by atoms with Crippen LogP contribution in [0.1, 0.15) is 29.5 Å². The van der Waals surface area contributed by atoms with Crippen LogP contribution in [0.15, 0.2) is 59.4 Å². The third kappa shape index (κ3) is 5.04. The van der Waals surface area contributed by atoms with Crippen molar-refractivity contribution < 1.29 is 14.5 Å². The lowest BCUT2D eigenvalue weighted by Gasteiger charge is -2.22. The van der Waals surface area contributed by atoms with Gasteiger partial charge in [0.2, 0.25) is 5.43 Å². The summed E-state index contributed by atoms with van der Waals surface area (Å²) in [6.07, 6.45) is 0.0309. The molecule has 33 heavy (non-hydrogen) atoms. The minimum Gasteiger partial charge on any atom is -0.494 e. The van der Waals surface area contributed by atoms with Gasteiger partial charge in [0.05, 0.1) is 24.0 Å². The zero-order valence-corrected chi connectivity index (χ0v) is 18.1. The Morgan fingerprint density at radius 2 is 1.94 bits per heavy atom. The topological polar surface area (TPSA) is 131 Å². The van der Waals surface area contributed by atoms with Crippen molar-refractivity contribution in [1.29, 1.82) is 5.26 Å². The van der Waals surface area contributed by atoms with Crippen molar-refractivity contribution in [2.75, 3.05) is 18.1 Å². The summed E-state index contributed by atoms with van der Waals surface area (Å²) in [6.45, 7) is 3.93. The molecule has 0 aliphatic heterocycles.